The molecule has 0 radical (unpaired) electrons. The summed E-state index contributed by atoms with van der Waals surface area (Å²) in [5, 5.41) is 3.78. The van der Waals surface area contributed by atoms with Gasteiger partial charge in [-0.3, -0.25) is 0 Å². The molecule has 4 heteroatoms. The van der Waals surface area contributed by atoms with Gasteiger partial charge in [-0.05, 0) is 44.7 Å². The summed E-state index contributed by atoms with van der Waals surface area (Å²) in [5.74, 6) is 1.02. The van der Waals surface area contributed by atoms with E-state index in [0.717, 1.165) is 49.1 Å². The number of rotatable bonds is 4. The number of ether oxygens (including phenoxy) is 2. The topological polar surface area (TPSA) is 30.5 Å². The van der Waals surface area contributed by atoms with Crippen LogP contribution in [0.5, 0.6) is 5.75 Å². The van der Waals surface area contributed by atoms with Gasteiger partial charge in [0.1, 0.15) is 5.75 Å². The molecule has 1 aromatic rings. The van der Waals surface area contributed by atoms with Gasteiger partial charge in [0.15, 0.2) is 0 Å². The summed E-state index contributed by atoms with van der Waals surface area (Å²) in [4.78, 5) is 0. The van der Waals surface area contributed by atoms with E-state index >= 15 is 0 Å². The molecule has 0 bridgehead atoms. The number of hydrogen-bond donors (Lipinski definition) is 1. The summed E-state index contributed by atoms with van der Waals surface area (Å²) in [6, 6.07) is 7.37. The second-order valence-corrected chi connectivity index (χ2v) is 6.55. The van der Waals surface area contributed by atoms with Gasteiger partial charge in [-0.1, -0.05) is 22.0 Å². The van der Waals surface area contributed by atoms with Gasteiger partial charge in [0.25, 0.3) is 0 Å². The highest BCUT2D eigenvalue weighted by Crippen LogP contribution is 2.35. The largest absolute Gasteiger partial charge is 0.493 e. The molecule has 1 fully saturated rings. The normalized spacial score (nSPS) is 29.0. The van der Waals surface area contributed by atoms with Crippen molar-refractivity contribution < 1.29 is 9.47 Å². The molecule has 2 aliphatic rings. The number of halogens is 1. The van der Waals surface area contributed by atoms with Crippen LogP contribution in [0.25, 0.3) is 0 Å². The summed E-state index contributed by atoms with van der Waals surface area (Å²) in [5.41, 5.74) is 1.30. The van der Waals surface area contributed by atoms with E-state index in [2.05, 4.69) is 46.4 Å². The van der Waals surface area contributed by atoms with E-state index in [1.165, 1.54) is 5.56 Å². The maximum absolute atomic E-state index is 5.86. The summed E-state index contributed by atoms with van der Waals surface area (Å²) in [6.07, 6.45) is 4.98. The van der Waals surface area contributed by atoms with Crippen molar-refractivity contribution in [3.8, 4) is 5.75 Å². The predicted molar refractivity (Wildman–Crippen MR) is 83.2 cm³/mol. The van der Waals surface area contributed by atoms with Crippen molar-refractivity contribution in [2.45, 2.75) is 50.8 Å². The fourth-order valence-electron chi connectivity index (χ4n) is 3.08. The van der Waals surface area contributed by atoms with Gasteiger partial charge in [0.2, 0.25) is 0 Å². The van der Waals surface area contributed by atoms with Crippen molar-refractivity contribution in [2.24, 2.45) is 0 Å². The van der Waals surface area contributed by atoms with Gasteiger partial charge < -0.3 is 14.8 Å². The summed E-state index contributed by atoms with van der Waals surface area (Å²) >= 11 is 3.52. The Hall–Kier alpha value is -0.580. The number of nitrogens with one attached hydrogen (secondary N) is 1. The molecular weight excluding hydrogens is 318 g/mol. The third kappa shape index (κ3) is 3.18. The molecule has 1 unspecified atom stereocenters. The fourth-order valence-corrected chi connectivity index (χ4v) is 3.42. The van der Waals surface area contributed by atoms with E-state index in [-0.39, 0.29) is 0 Å². The fraction of sp³-hybridized carbons (Fsp3) is 0.625. The number of fused-ring (bicyclic) bond motifs is 1. The summed E-state index contributed by atoms with van der Waals surface area (Å²) in [6.45, 7) is 3.71. The van der Waals surface area contributed by atoms with Crippen LogP contribution in [-0.4, -0.2) is 25.4 Å². The Balaban J connectivity index is 1.65. The van der Waals surface area contributed by atoms with Crippen molar-refractivity contribution >= 4 is 15.9 Å². The molecular formula is C16H22BrNO2. The van der Waals surface area contributed by atoms with Crippen LogP contribution in [-0.2, 0) is 4.74 Å². The molecule has 1 N–H and O–H groups in total. The Morgan fingerprint density at radius 3 is 3.05 bits per heavy atom. The molecule has 1 aromatic carbocycles. The maximum Gasteiger partial charge on any atom is 0.125 e. The van der Waals surface area contributed by atoms with E-state index in [4.69, 9.17) is 9.47 Å². The van der Waals surface area contributed by atoms with Crippen molar-refractivity contribution in [1.29, 1.82) is 0 Å². The van der Waals surface area contributed by atoms with Crippen LogP contribution in [0.1, 0.15) is 44.2 Å². The van der Waals surface area contributed by atoms with Crippen molar-refractivity contribution in [2.75, 3.05) is 13.2 Å². The van der Waals surface area contributed by atoms with E-state index < -0.39 is 0 Å². The zero-order valence-electron chi connectivity index (χ0n) is 11.9. The Bertz CT molecular complexity index is 460. The van der Waals surface area contributed by atoms with E-state index in [0.29, 0.717) is 18.2 Å². The van der Waals surface area contributed by atoms with E-state index in [1.807, 2.05) is 0 Å². The van der Waals surface area contributed by atoms with Crippen LogP contribution in [0.3, 0.4) is 0 Å². The van der Waals surface area contributed by atoms with Gasteiger partial charge in [-0.15, -0.1) is 0 Å². The first-order chi connectivity index (χ1) is 9.76. The van der Waals surface area contributed by atoms with Crippen LogP contribution >= 0.6 is 15.9 Å². The Morgan fingerprint density at radius 2 is 2.25 bits per heavy atom. The summed E-state index contributed by atoms with van der Waals surface area (Å²) in [7, 11) is 0. The van der Waals surface area contributed by atoms with Crippen molar-refractivity contribution in [3.63, 3.8) is 0 Å². The van der Waals surface area contributed by atoms with Crippen molar-refractivity contribution in [3.05, 3.63) is 28.2 Å². The molecule has 1 aliphatic carbocycles. The monoisotopic (exact) mass is 339 g/mol. The SMILES string of the molecule is CCOC1CC(NC2CCCOc3cc(Br)ccc32)C1. The molecule has 1 aliphatic heterocycles. The molecule has 0 aromatic heterocycles. The third-order valence-corrected chi connectivity index (χ3v) is 4.67. The van der Waals surface area contributed by atoms with E-state index in [9.17, 15) is 0 Å². The smallest absolute Gasteiger partial charge is 0.125 e. The standard InChI is InChI=1S/C16H22BrNO2/c1-2-19-13-9-12(10-13)18-15-4-3-7-20-16-8-11(17)5-6-14(15)16/h5-6,8,12-13,15,18H,2-4,7,9-10H2,1H3. The Morgan fingerprint density at radius 1 is 1.40 bits per heavy atom. The van der Waals surface area contributed by atoms with Crippen LogP contribution in [0.15, 0.2) is 22.7 Å². The zero-order chi connectivity index (χ0) is 13.9. The lowest BCUT2D eigenvalue weighted by Crippen LogP contribution is -2.46. The predicted octanol–water partition coefficient (Wildman–Crippen LogP) is 3.82. The third-order valence-electron chi connectivity index (χ3n) is 4.18. The van der Waals surface area contributed by atoms with Gasteiger partial charge in [0.05, 0.1) is 12.7 Å². The van der Waals surface area contributed by atoms with Crippen LogP contribution in [0.2, 0.25) is 0 Å². The molecule has 110 valence electrons. The minimum Gasteiger partial charge on any atom is -0.493 e. The molecule has 1 atom stereocenters. The van der Waals surface area contributed by atoms with Crippen LogP contribution in [0, 0.1) is 0 Å². The molecule has 20 heavy (non-hydrogen) atoms. The average molecular weight is 340 g/mol. The molecule has 3 nitrogen and oxygen atoms in total. The Labute approximate surface area is 129 Å². The zero-order valence-corrected chi connectivity index (χ0v) is 13.5. The molecule has 0 amide bonds. The van der Waals surface area contributed by atoms with Gasteiger partial charge in [-0.25, -0.2) is 0 Å². The first-order valence-corrected chi connectivity index (χ1v) is 8.35. The molecule has 1 saturated carbocycles. The highest BCUT2D eigenvalue weighted by atomic mass is 79.9. The molecule has 0 saturated heterocycles. The lowest BCUT2D eigenvalue weighted by atomic mass is 9.87. The minimum atomic E-state index is 0.410. The van der Waals surface area contributed by atoms with Gasteiger partial charge >= 0.3 is 0 Å². The van der Waals surface area contributed by atoms with Gasteiger partial charge in [0, 0.05) is 28.7 Å². The second kappa shape index (κ2) is 6.46. The van der Waals surface area contributed by atoms with Crippen LogP contribution < -0.4 is 10.1 Å². The summed E-state index contributed by atoms with van der Waals surface area (Å²) < 4.78 is 12.6. The quantitative estimate of drug-likeness (QED) is 0.904. The minimum absolute atomic E-state index is 0.410. The lowest BCUT2D eigenvalue weighted by Gasteiger charge is -2.38. The Kier molecular flexibility index (Phi) is 4.64. The average Bonchev–Trinajstić information content (AvgIpc) is 2.58. The van der Waals surface area contributed by atoms with Crippen LogP contribution in [0.4, 0.5) is 0 Å². The number of benzene rings is 1. The highest BCUT2D eigenvalue weighted by Gasteiger charge is 2.32. The van der Waals surface area contributed by atoms with E-state index in [1.54, 1.807) is 0 Å². The molecule has 3 rings (SSSR count). The first kappa shape index (κ1) is 14.4. The highest BCUT2D eigenvalue weighted by molar-refractivity contribution is 9.10. The molecule has 1 heterocycles. The lowest BCUT2D eigenvalue weighted by molar-refractivity contribution is -0.0127. The maximum atomic E-state index is 5.86. The molecule has 0 spiro atoms. The second-order valence-electron chi connectivity index (χ2n) is 5.64. The number of hydrogen-bond acceptors (Lipinski definition) is 3. The van der Waals surface area contributed by atoms with Crippen molar-refractivity contribution in [1.82, 2.24) is 5.32 Å². The first-order valence-electron chi connectivity index (χ1n) is 7.56. The van der Waals surface area contributed by atoms with Gasteiger partial charge in [-0.2, -0.15) is 0 Å².